The fourth-order valence-electron chi connectivity index (χ4n) is 2.83. The van der Waals surface area contributed by atoms with Gasteiger partial charge in [0.2, 0.25) is 0 Å². The number of carbonyl (C=O) groups excluding carboxylic acids is 1. The number of nitrogens with zero attached hydrogens (tertiary/aromatic N) is 3. The average Bonchev–Trinajstić information content (AvgIpc) is 2.81. The third kappa shape index (κ3) is 6.01. The molecule has 1 atom stereocenters. The van der Waals surface area contributed by atoms with Crippen molar-refractivity contribution < 1.29 is 35.9 Å². The van der Waals surface area contributed by atoms with E-state index in [4.69, 9.17) is 4.74 Å². The van der Waals surface area contributed by atoms with E-state index in [1.54, 1.807) is 0 Å². The number of nitroso groups, excluding NO2 is 2. The smallest absolute Gasteiger partial charge is 0.497 e. The van der Waals surface area contributed by atoms with Crippen molar-refractivity contribution in [3.8, 4) is 16.9 Å². The third-order valence-electron chi connectivity index (χ3n) is 5.14. The largest absolute Gasteiger partial charge is 0.526 e. The lowest BCUT2D eigenvalue weighted by atomic mass is 10.0. The summed E-state index contributed by atoms with van der Waals surface area (Å²) in [6.45, 7) is 0.394. The summed E-state index contributed by atoms with van der Waals surface area (Å²) in [7, 11) is -7.99. The van der Waals surface area contributed by atoms with Crippen molar-refractivity contribution in [2.75, 3.05) is 13.4 Å². The van der Waals surface area contributed by atoms with Crippen LogP contribution in [0.25, 0.3) is 11.1 Å². The van der Waals surface area contributed by atoms with Crippen LogP contribution in [0.5, 0.6) is 5.75 Å². The number of methoxy groups -OCH3 is 1. The second-order valence-electron chi connectivity index (χ2n) is 7.34. The predicted octanol–water partition coefficient (Wildman–Crippen LogP) is 2.68. The minimum absolute atomic E-state index is 0.173. The van der Waals surface area contributed by atoms with Crippen molar-refractivity contribution in [3.05, 3.63) is 62.3 Å². The molecule has 0 saturated carbocycles. The molecule has 35 heavy (non-hydrogen) atoms. The lowest BCUT2D eigenvalue weighted by Crippen LogP contribution is -2.50. The summed E-state index contributed by atoms with van der Waals surface area (Å²) in [6, 6.07) is 4.36. The molecule has 0 saturated heterocycles. The van der Waals surface area contributed by atoms with Gasteiger partial charge in [-0.1, -0.05) is 0 Å². The van der Waals surface area contributed by atoms with Gasteiger partial charge in [0.25, 0.3) is 11.5 Å². The molecule has 1 amide bonds. The van der Waals surface area contributed by atoms with Gasteiger partial charge in [0.1, 0.15) is 17.4 Å². The minimum atomic E-state index is -5.02. The Bertz CT molecular complexity index is 1370. The van der Waals surface area contributed by atoms with Crippen LogP contribution in [0.2, 0.25) is 0 Å². The van der Waals surface area contributed by atoms with Gasteiger partial charge < -0.3 is 9.30 Å². The number of pyridine rings is 1. The van der Waals surface area contributed by atoms with Crippen molar-refractivity contribution in [1.29, 1.82) is 0 Å². The van der Waals surface area contributed by atoms with Crippen LogP contribution in [0.15, 0.2) is 45.2 Å². The highest BCUT2D eigenvalue weighted by molar-refractivity contribution is 7.92. The number of sulfone groups is 1. The van der Waals surface area contributed by atoms with Gasteiger partial charge in [-0.25, -0.2) is 27.2 Å². The van der Waals surface area contributed by atoms with Crippen LogP contribution in [0.1, 0.15) is 13.3 Å². The number of amides is 1. The highest BCUT2D eigenvalue weighted by atomic mass is 32.2. The molecule has 2 rings (SSSR count). The molecule has 0 aliphatic rings. The molecule has 1 N–H and O–H groups in total. The molecule has 0 aliphatic carbocycles. The van der Waals surface area contributed by atoms with E-state index in [1.165, 1.54) is 24.7 Å². The zero-order valence-electron chi connectivity index (χ0n) is 18.4. The van der Waals surface area contributed by atoms with E-state index < -0.39 is 58.3 Å². The standard InChI is InChI=1S/C18H19F2N4O9PS/c1-18(35(3,30)31,17(26)21-33-34(29,22-27)23-28)6-7-24-10-15(20)13(9-16(24)25)12-5-4-11(32-2)8-14(12)19/h4-5,8-10H,6-7H2,1-3H3,(H,21,26). The molecular formula is C18H19F2N4O9PS. The molecule has 1 unspecified atom stereocenters. The predicted molar refractivity (Wildman–Crippen MR) is 119 cm³/mol. The van der Waals surface area contributed by atoms with Crippen LogP contribution in [-0.4, -0.2) is 37.0 Å². The Morgan fingerprint density at radius 2 is 1.80 bits per heavy atom. The molecule has 0 bridgehead atoms. The second kappa shape index (κ2) is 10.5. The monoisotopic (exact) mass is 536 g/mol. The lowest BCUT2D eigenvalue weighted by molar-refractivity contribution is -0.130. The number of aromatic nitrogens is 1. The maximum atomic E-state index is 14.7. The van der Waals surface area contributed by atoms with Gasteiger partial charge in [0.05, 0.1) is 7.11 Å². The van der Waals surface area contributed by atoms with Crippen molar-refractivity contribution in [3.63, 3.8) is 0 Å². The first-order chi connectivity index (χ1) is 16.2. The average molecular weight is 536 g/mol. The fourth-order valence-corrected chi connectivity index (χ4v) is 3.96. The highest BCUT2D eigenvalue weighted by Gasteiger charge is 2.45. The first kappa shape index (κ1) is 27.9. The van der Waals surface area contributed by atoms with Crippen molar-refractivity contribution >= 4 is 23.4 Å². The number of aryl methyl sites for hydroxylation is 1. The van der Waals surface area contributed by atoms with E-state index >= 15 is 0 Å². The number of rotatable bonds is 11. The Labute approximate surface area is 196 Å². The number of ether oxygens (including phenoxy) is 1. The summed E-state index contributed by atoms with van der Waals surface area (Å²) in [5.41, 5.74) is -0.0246. The van der Waals surface area contributed by atoms with Gasteiger partial charge in [0.15, 0.2) is 14.6 Å². The Kier molecular flexibility index (Phi) is 8.36. The molecule has 0 spiro atoms. The van der Waals surface area contributed by atoms with Crippen molar-refractivity contribution in [1.82, 2.24) is 10.0 Å². The van der Waals surface area contributed by atoms with E-state index in [0.29, 0.717) is 12.5 Å². The van der Waals surface area contributed by atoms with E-state index in [2.05, 4.69) is 4.62 Å². The summed E-state index contributed by atoms with van der Waals surface area (Å²) >= 11 is 0. The number of hydrogen-bond donors (Lipinski definition) is 1. The molecule has 17 heteroatoms. The zero-order valence-corrected chi connectivity index (χ0v) is 20.1. The van der Waals surface area contributed by atoms with Gasteiger partial charge in [0, 0.05) is 52.2 Å². The number of nitrogens with one attached hydrogen (secondary N) is 1. The normalized spacial score (nSPS) is 13.5. The van der Waals surface area contributed by atoms with Gasteiger partial charge >= 0.3 is 7.67 Å². The van der Waals surface area contributed by atoms with Gasteiger partial charge in [-0.15, -0.1) is 9.81 Å². The number of hydroxylamine groups is 1. The van der Waals surface area contributed by atoms with Gasteiger partial charge in [-0.05, 0) is 25.5 Å². The van der Waals surface area contributed by atoms with Crippen LogP contribution in [0, 0.1) is 21.4 Å². The van der Waals surface area contributed by atoms with E-state index in [9.17, 15) is 41.2 Å². The van der Waals surface area contributed by atoms with E-state index in [0.717, 1.165) is 23.6 Å². The van der Waals surface area contributed by atoms with E-state index in [-0.39, 0.29) is 16.9 Å². The van der Waals surface area contributed by atoms with Crippen LogP contribution in [-0.2, 0) is 30.4 Å². The Balaban J connectivity index is 2.34. The maximum absolute atomic E-state index is 14.7. The molecule has 0 fully saturated rings. The zero-order chi connectivity index (χ0) is 26.6. The second-order valence-corrected chi connectivity index (χ2v) is 11.3. The summed E-state index contributed by atoms with van der Waals surface area (Å²) < 4.78 is 72.4. The number of benzene rings is 1. The Hall–Kier alpha value is -3.36. The first-order valence-electron chi connectivity index (χ1n) is 9.43. The van der Waals surface area contributed by atoms with Crippen molar-refractivity contribution in [2.45, 2.75) is 24.6 Å². The number of halogens is 2. The summed E-state index contributed by atoms with van der Waals surface area (Å²) in [5.74, 6) is -3.16. The summed E-state index contributed by atoms with van der Waals surface area (Å²) in [4.78, 5) is 49.4. The molecule has 1 aromatic carbocycles. The van der Waals surface area contributed by atoms with Gasteiger partial charge in [-0.2, -0.15) is 4.62 Å². The third-order valence-corrected chi connectivity index (χ3v) is 7.90. The first-order valence-corrected chi connectivity index (χ1v) is 12.9. The molecule has 13 nitrogen and oxygen atoms in total. The van der Waals surface area contributed by atoms with Crippen LogP contribution < -0.4 is 15.8 Å². The Morgan fingerprint density at radius 3 is 2.31 bits per heavy atom. The SMILES string of the molecule is COc1ccc(-c2cc(=O)n(CCC(C)(C(=O)NOP(=O)(N=O)N=O)S(C)(=O)=O)cc2F)c(F)c1. The van der Waals surface area contributed by atoms with Crippen LogP contribution in [0.4, 0.5) is 8.78 Å². The Morgan fingerprint density at radius 1 is 1.17 bits per heavy atom. The molecular weight excluding hydrogens is 517 g/mol. The number of carbonyl (C=O) groups is 1. The lowest BCUT2D eigenvalue weighted by Gasteiger charge is -2.26. The topological polar surface area (TPSA) is 180 Å². The quantitative estimate of drug-likeness (QED) is 0.257. The molecule has 1 heterocycles. The van der Waals surface area contributed by atoms with E-state index in [1.807, 2.05) is 9.89 Å². The van der Waals surface area contributed by atoms with Crippen LogP contribution >= 0.6 is 7.67 Å². The highest BCUT2D eigenvalue weighted by Crippen LogP contribution is 2.48. The van der Waals surface area contributed by atoms with Crippen molar-refractivity contribution in [2.24, 2.45) is 9.89 Å². The fraction of sp³-hybridized carbons (Fsp3) is 0.333. The molecule has 0 radical (unpaired) electrons. The maximum Gasteiger partial charge on any atom is 0.526 e. The molecule has 190 valence electrons. The molecule has 2 aromatic rings. The molecule has 1 aromatic heterocycles. The molecule has 0 aliphatic heterocycles. The van der Waals surface area contributed by atoms with Gasteiger partial charge in [-0.3, -0.25) is 9.59 Å². The summed E-state index contributed by atoms with van der Waals surface area (Å²) in [5, 5.41) is 0. The van der Waals surface area contributed by atoms with Crippen LogP contribution in [0.3, 0.4) is 0 Å². The number of hydrogen-bond acceptors (Lipinski definition) is 9. The summed E-state index contributed by atoms with van der Waals surface area (Å²) in [6.07, 6.45) is 0.740. The minimum Gasteiger partial charge on any atom is -0.497 e.